The lowest BCUT2D eigenvalue weighted by atomic mass is 9.45. The number of fused-ring (bicyclic) bond motifs is 5. The molecule has 23 heavy (non-hydrogen) atoms. The van der Waals surface area contributed by atoms with Gasteiger partial charge in [-0.1, -0.05) is 26.7 Å². The second-order valence-electron chi connectivity index (χ2n) is 9.26. The van der Waals surface area contributed by atoms with Crippen LogP contribution in [0, 0.1) is 34.5 Å². The fourth-order valence-corrected chi connectivity index (χ4v) is 7.14. The minimum atomic E-state index is -0.150. The summed E-state index contributed by atoms with van der Waals surface area (Å²) >= 11 is 0. The molecule has 0 heterocycles. The molecule has 0 saturated heterocycles. The normalized spacial score (nSPS) is 48.7. The molecule has 0 unspecified atom stereocenters. The van der Waals surface area contributed by atoms with E-state index in [1.54, 1.807) is 0 Å². The maximum Gasteiger partial charge on any atom is 0.307 e. The quantitative estimate of drug-likeness (QED) is 0.599. The van der Waals surface area contributed by atoms with Gasteiger partial charge in [-0.15, -0.1) is 0 Å². The third-order valence-electron chi connectivity index (χ3n) is 8.35. The standard InChI is InChI=1S/C21H32O2/c1-14(22)23-19-10-9-17-16-8-7-15-6-4-5-12-20(15,2)18(16)11-13-21(17,19)3/h10,15-18H,4-9,11-13H2,1-3H3/t15-,16+,17-,18-,20+,21-/m1/s1. The smallest absolute Gasteiger partial charge is 0.307 e. The molecule has 0 radical (unpaired) electrons. The average Bonchev–Trinajstić information content (AvgIpc) is 2.83. The molecule has 3 fully saturated rings. The molecular formula is C21H32O2. The molecule has 0 bridgehead atoms. The predicted molar refractivity (Wildman–Crippen MR) is 91.6 cm³/mol. The summed E-state index contributed by atoms with van der Waals surface area (Å²) in [6.45, 7) is 6.52. The van der Waals surface area contributed by atoms with Crippen molar-refractivity contribution in [2.24, 2.45) is 34.5 Å². The number of carbonyl (C=O) groups excluding carboxylic acids is 1. The summed E-state index contributed by atoms with van der Waals surface area (Å²) in [5.41, 5.74) is 0.706. The van der Waals surface area contributed by atoms with Crippen LogP contribution in [0.4, 0.5) is 0 Å². The second-order valence-corrected chi connectivity index (χ2v) is 9.26. The minimum Gasteiger partial charge on any atom is -0.431 e. The fraction of sp³-hybridized carbons (Fsp3) is 0.857. The van der Waals surface area contributed by atoms with Crippen LogP contribution in [0.15, 0.2) is 11.8 Å². The third-order valence-corrected chi connectivity index (χ3v) is 8.35. The first kappa shape index (κ1) is 15.7. The van der Waals surface area contributed by atoms with E-state index in [0.717, 1.165) is 29.9 Å². The van der Waals surface area contributed by atoms with Crippen LogP contribution in [0.3, 0.4) is 0 Å². The fourth-order valence-electron chi connectivity index (χ4n) is 7.14. The van der Waals surface area contributed by atoms with Gasteiger partial charge in [-0.3, -0.25) is 4.79 Å². The topological polar surface area (TPSA) is 26.3 Å². The largest absolute Gasteiger partial charge is 0.431 e. The molecule has 4 aliphatic rings. The molecule has 0 aromatic heterocycles. The molecule has 0 aromatic carbocycles. The Labute approximate surface area is 141 Å². The van der Waals surface area contributed by atoms with Crippen molar-refractivity contribution in [1.82, 2.24) is 0 Å². The predicted octanol–water partition coefficient (Wildman–Crippen LogP) is 5.48. The monoisotopic (exact) mass is 316 g/mol. The van der Waals surface area contributed by atoms with Crippen molar-refractivity contribution in [2.75, 3.05) is 0 Å². The van der Waals surface area contributed by atoms with Gasteiger partial charge in [-0.25, -0.2) is 0 Å². The Morgan fingerprint density at radius 1 is 1.09 bits per heavy atom. The summed E-state index contributed by atoms with van der Waals surface area (Å²) < 4.78 is 5.62. The van der Waals surface area contributed by atoms with Crippen LogP contribution in [0.2, 0.25) is 0 Å². The van der Waals surface area contributed by atoms with Crippen molar-refractivity contribution in [3.8, 4) is 0 Å². The number of allylic oxidation sites excluding steroid dienone is 2. The van der Waals surface area contributed by atoms with Crippen molar-refractivity contribution < 1.29 is 9.53 Å². The van der Waals surface area contributed by atoms with Gasteiger partial charge in [0.25, 0.3) is 0 Å². The molecule has 128 valence electrons. The van der Waals surface area contributed by atoms with E-state index in [2.05, 4.69) is 19.9 Å². The number of hydrogen-bond acceptors (Lipinski definition) is 2. The van der Waals surface area contributed by atoms with E-state index in [-0.39, 0.29) is 11.4 Å². The number of carbonyl (C=O) groups is 1. The first-order valence-corrected chi connectivity index (χ1v) is 9.84. The molecular weight excluding hydrogens is 284 g/mol. The van der Waals surface area contributed by atoms with E-state index in [4.69, 9.17) is 4.74 Å². The molecule has 0 aromatic rings. The Bertz CT molecular complexity index is 536. The average molecular weight is 316 g/mol. The molecule has 0 amide bonds. The Morgan fingerprint density at radius 2 is 1.91 bits per heavy atom. The molecule has 3 saturated carbocycles. The van der Waals surface area contributed by atoms with Gasteiger partial charge in [0.05, 0.1) is 0 Å². The van der Waals surface area contributed by atoms with E-state index in [0.29, 0.717) is 11.3 Å². The van der Waals surface area contributed by atoms with Gasteiger partial charge in [0.15, 0.2) is 0 Å². The maximum absolute atomic E-state index is 11.5. The lowest BCUT2D eigenvalue weighted by molar-refractivity contribution is -0.142. The highest BCUT2D eigenvalue weighted by Gasteiger charge is 2.58. The van der Waals surface area contributed by atoms with E-state index < -0.39 is 0 Å². The Kier molecular flexibility index (Phi) is 3.66. The second kappa shape index (κ2) is 5.36. The van der Waals surface area contributed by atoms with Gasteiger partial charge >= 0.3 is 5.97 Å². The summed E-state index contributed by atoms with van der Waals surface area (Å²) in [7, 11) is 0. The van der Waals surface area contributed by atoms with Crippen LogP contribution in [-0.2, 0) is 9.53 Å². The van der Waals surface area contributed by atoms with E-state index in [1.807, 2.05) is 0 Å². The zero-order chi connectivity index (χ0) is 16.2. The van der Waals surface area contributed by atoms with Crippen LogP contribution >= 0.6 is 0 Å². The van der Waals surface area contributed by atoms with Gasteiger partial charge in [0, 0.05) is 12.3 Å². The summed E-state index contributed by atoms with van der Waals surface area (Å²) in [5, 5.41) is 0. The first-order chi connectivity index (χ1) is 10.9. The van der Waals surface area contributed by atoms with Gasteiger partial charge in [-0.05, 0) is 80.1 Å². The van der Waals surface area contributed by atoms with Crippen LogP contribution in [0.25, 0.3) is 0 Å². The molecule has 4 aliphatic carbocycles. The van der Waals surface area contributed by atoms with Crippen molar-refractivity contribution in [1.29, 1.82) is 0 Å². The molecule has 0 N–H and O–H groups in total. The SMILES string of the molecule is CC(=O)OC1=CC[C@@H]2[C@@H]3CC[C@H]4CCCC[C@]4(C)[C@@H]3CC[C@@]12C. The third kappa shape index (κ3) is 2.23. The van der Waals surface area contributed by atoms with Crippen LogP contribution in [0.5, 0.6) is 0 Å². The summed E-state index contributed by atoms with van der Waals surface area (Å²) in [4.78, 5) is 11.5. The minimum absolute atomic E-state index is 0.116. The van der Waals surface area contributed by atoms with E-state index in [1.165, 1.54) is 58.3 Å². The van der Waals surface area contributed by atoms with E-state index >= 15 is 0 Å². The molecule has 0 aliphatic heterocycles. The number of hydrogen-bond donors (Lipinski definition) is 0. The Morgan fingerprint density at radius 3 is 2.70 bits per heavy atom. The van der Waals surface area contributed by atoms with Gasteiger partial charge in [0.2, 0.25) is 0 Å². The van der Waals surface area contributed by atoms with E-state index in [9.17, 15) is 4.79 Å². The molecule has 4 rings (SSSR count). The summed E-state index contributed by atoms with van der Waals surface area (Å²) in [6, 6.07) is 0. The lowest BCUT2D eigenvalue weighted by Crippen LogP contribution is -2.52. The number of esters is 1. The highest BCUT2D eigenvalue weighted by atomic mass is 16.5. The van der Waals surface area contributed by atoms with Gasteiger partial charge in [-0.2, -0.15) is 0 Å². The van der Waals surface area contributed by atoms with Crippen LogP contribution in [-0.4, -0.2) is 5.97 Å². The summed E-state index contributed by atoms with van der Waals surface area (Å²) in [5.74, 6) is 4.27. The highest BCUT2D eigenvalue weighted by Crippen LogP contribution is 2.66. The lowest BCUT2D eigenvalue weighted by Gasteiger charge is -2.60. The molecule has 2 nitrogen and oxygen atoms in total. The van der Waals surface area contributed by atoms with Crippen molar-refractivity contribution in [2.45, 2.75) is 78.6 Å². The van der Waals surface area contributed by atoms with Crippen LogP contribution in [0.1, 0.15) is 78.6 Å². The van der Waals surface area contributed by atoms with Crippen molar-refractivity contribution in [3.05, 3.63) is 11.8 Å². The first-order valence-electron chi connectivity index (χ1n) is 9.84. The van der Waals surface area contributed by atoms with Crippen molar-refractivity contribution >= 4 is 5.97 Å². The maximum atomic E-state index is 11.5. The Hall–Kier alpha value is -0.790. The zero-order valence-electron chi connectivity index (χ0n) is 15.1. The van der Waals surface area contributed by atoms with Crippen molar-refractivity contribution in [3.63, 3.8) is 0 Å². The van der Waals surface area contributed by atoms with Gasteiger partial charge in [0.1, 0.15) is 5.76 Å². The van der Waals surface area contributed by atoms with Gasteiger partial charge < -0.3 is 4.74 Å². The number of rotatable bonds is 1. The molecule has 6 atom stereocenters. The summed E-state index contributed by atoms with van der Waals surface area (Å²) in [6.07, 6.45) is 14.6. The zero-order valence-corrected chi connectivity index (χ0v) is 15.1. The molecule has 2 heteroatoms. The van der Waals surface area contributed by atoms with Crippen LogP contribution < -0.4 is 0 Å². The molecule has 0 spiro atoms. The number of ether oxygens (including phenoxy) is 1. The Balaban J connectivity index is 1.60. The highest BCUT2D eigenvalue weighted by molar-refractivity contribution is 5.67.